The van der Waals surface area contributed by atoms with Crippen LogP contribution in [0.5, 0.6) is 34.5 Å². The van der Waals surface area contributed by atoms with E-state index in [-0.39, 0.29) is 22.9 Å². The van der Waals surface area contributed by atoms with Crippen molar-refractivity contribution >= 4 is 28.2 Å². The maximum atomic E-state index is 10.5. The average molecular weight is 703 g/mol. The number of hydrogen-bond donors (Lipinski definition) is 4. The van der Waals surface area contributed by atoms with E-state index in [2.05, 4.69) is 35.8 Å². The SMILES string of the molecule is Nc1ccc(Oc2ccc3c(c2-c2c(Oc4ccc(N)c(O)c4)ccc4ccccc24)C=CC(C#Cc2ccccc2)(C#Cc2ccccc2)C3)cc1O. The Balaban J connectivity index is 1.35. The van der Waals surface area contributed by atoms with E-state index in [0.717, 1.165) is 44.2 Å². The summed E-state index contributed by atoms with van der Waals surface area (Å²) in [6.45, 7) is 0. The van der Waals surface area contributed by atoms with E-state index in [4.69, 9.17) is 20.9 Å². The van der Waals surface area contributed by atoms with Gasteiger partial charge in [-0.25, -0.2) is 0 Å². The van der Waals surface area contributed by atoms with Crippen molar-refractivity contribution in [3.05, 3.63) is 174 Å². The molecule has 0 saturated heterocycles. The molecule has 0 atom stereocenters. The van der Waals surface area contributed by atoms with Crippen molar-refractivity contribution < 1.29 is 19.7 Å². The number of phenolic OH excluding ortho intramolecular Hbond substituents is 2. The molecule has 6 N–H and O–H groups in total. The Labute approximate surface area is 313 Å². The van der Waals surface area contributed by atoms with Crippen LogP contribution in [0.15, 0.2) is 152 Å². The van der Waals surface area contributed by atoms with E-state index in [1.807, 2.05) is 109 Å². The van der Waals surface area contributed by atoms with Crippen LogP contribution in [-0.2, 0) is 6.42 Å². The lowest BCUT2D eigenvalue weighted by Gasteiger charge is -2.28. The molecule has 1 aliphatic carbocycles. The molecule has 0 amide bonds. The first-order chi connectivity index (χ1) is 26.3. The molecule has 0 unspecified atom stereocenters. The predicted octanol–water partition coefficient (Wildman–Crippen LogP) is 10.3. The number of rotatable bonds is 5. The van der Waals surface area contributed by atoms with Crippen LogP contribution in [0.3, 0.4) is 0 Å². The monoisotopic (exact) mass is 702 g/mol. The average Bonchev–Trinajstić information content (AvgIpc) is 3.20. The van der Waals surface area contributed by atoms with Crippen molar-refractivity contribution in [2.45, 2.75) is 6.42 Å². The number of anilines is 2. The summed E-state index contributed by atoms with van der Waals surface area (Å²) in [6.07, 6.45) is 4.65. The first-order valence-electron chi connectivity index (χ1n) is 17.4. The number of benzene rings is 7. The summed E-state index contributed by atoms with van der Waals surface area (Å²) in [5.74, 6) is 15.6. The third-order valence-corrected chi connectivity index (χ3v) is 9.31. The minimum absolute atomic E-state index is 0.0772. The van der Waals surface area contributed by atoms with Crippen molar-refractivity contribution in [2.24, 2.45) is 5.41 Å². The molecule has 8 rings (SSSR count). The molecule has 1 aliphatic rings. The second-order valence-electron chi connectivity index (χ2n) is 13.0. The zero-order chi connectivity index (χ0) is 37.1. The highest BCUT2D eigenvalue weighted by molar-refractivity contribution is 6.04. The second-order valence-corrected chi connectivity index (χ2v) is 13.0. The highest BCUT2D eigenvalue weighted by atomic mass is 16.5. The van der Waals surface area contributed by atoms with Crippen molar-refractivity contribution in [3.63, 3.8) is 0 Å². The fraction of sp³-hybridized carbons (Fsp3) is 0.0417. The quantitative estimate of drug-likeness (QED) is 0.0807. The first-order valence-corrected chi connectivity index (χ1v) is 17.4. The van der Waals surface area contributed by atoms with E-state index in [0.29, 0.717) is 29.4 Å². The van der Waals surface area contributed by atoms with Crippen molar-refractivity contribution in [1.82, 2.24) is 0 Å². The van der Waals surface area contributed by atoms with Crippen LogP contribution >= 0.6 is 0 Å². The van der Waals surface area contributed by atoms with Crippen molar-refractivity contribution in [3.8, 4) is 69.3 Å². The maximum absolute atomic E-state index is 10.5. The van der Waals surface area contributed by atoms with E-state index < -0.39 is 5.41 Å². The second kappa shape index (κ2) is 14.2. The summed E-state index contributed by atoms with van der Waals surface area (Å²) in [5.41, 5.74) is 16.8. The van der Waals surface area contributed by atoms with E-state index in [1.165, 1.54) is 12.1 Å². The summed E-state index contributed by atoms with van der Waals surface area (Å²) in [5, 5.41) is 22.8. The van der Waals surface area contributed by atoms with Gasteiger partial charge < -0.3 is 31.2 Å². The van der Waals surface area contributed by atoms with Crippen LogP contribution < -0.4 is 20.9 Å². The van der Waals surface area contributed by atoms with E-state index in [1.54, 1.807) is 24.3 Å². The van der Waals surface area contributed by atoms with Gasteiger partial charge in [-0.3, -0.25) is 0 Å². The lowest BCUT2D eigenvalue weighted by molar-refractivity contribution is 0.454. The van der Waals surface area contributed by atoms with Gasteiger partial charge >= 0.3 is 0 Å². The van der Waals surface area contributed by atoms with Gasteiger partial charge in [0.2, 0.25) is 0 Å². The third kappa shape index (κ3) is 6.88. The fourth-order valence-electron chi connectivity index (χ4n) is 6.55. The summed E-state index contributed by atoms with van der Waals surface area (Å²) in [6, 6.07) is 45.4. The van der Waals surface area contributed by atoms with Gasteiger partial charge in [0.15, 0.2) is 0 Å². The molecule has 6 nitrogen and oxygen atoms in total. The van der Waals surface area contributed by atoms with Gasteiger partial charge in [-0.05, 0) is 82.6 Å². The number of aromatic hydroxyl groups is 2. The molecule has 0 aromatic heterocycles. The normalized spacial score (nSPS) is 12.4. The molecule has 6 heteroatoms. The largest absolute Gasteiger partial charge is 0.506 e. The Hall–Kier alpha value is -7.54. The van der Waals surface area contributed by atoms with Gasteiger partial charge in [0.25, 0.3) is 0 Å². The maximum Gasteiger partial charge on any atom is 0.142 e. The van der Waals surface area contributed by atoms with Crippen molar-refractivity contribution in [2.75, 3.05) is 11.5 Å². The molecule has 0 heterocycles. The molecule has 0 radical (unpaired) electrons. The van der Waals surface area contributed by atoms with Crippen molar-refractivity contribution in [1.29, 1.82) is 0 Å². The van der Waals surface area contributed by atoms with Gasteiger partial charge in [0, 0.05) is 40.8 Å². The predicted molar refractivity (Wildman–Crippen MR) is 216 cm³/mol. The van der Waals surface area contributed by atoms with E-state index >= 15 is 0 Å². The molecule has 0 aliphatic heterocycles. The summed E-state index contributed by atoms with van der Waals surface area (Å²) < 4.78 is 13.2. The lowest BCUT2D eigenvalue weighted by Crippen LogP contribution is -2.21. The van der Waals surface area contributed by atoms with Crippen LogP contribution in [0.4, 0.5) is 11.4 Å². The van der Waals surface area contributed by atoms with Gasteiger partial charge in [-0.15, -0.1) is 0 Å². The zero-order valence-corrected chi connectivity index (χ0v) is 29.1. The van der Waals surface area contributed by atoms with Crippen LogP contribution in [0.2, 0.25) is 0 Å². The smallest absolute Gasteiger partial charge is 0.142 e. The van der Waals surface area contributed by atoms with Crippen LogP contribution in [0.25, 0.3) is 28.0 Å². The van der Waals surface area contributed by atoms with Gasteiger partial charge in [-0.2, -0.15) is 0 Å². The van der Waals surface area contributed by atoms with Gasteiger partial charge in [0.1, 0.15) is 39.9 Å². The molecule has 260 valence electrons. The fourth-order valence-corrected chi connectivity index (χ4v) is 6.55. The molecule has 54 heavy (non-hydrogen) atoms. The highest BCUT2D eigenvalue weighted by Crippen LogP contribution is 2.49. The molecule has 0 bridgehead atoms. The number of allylic oxidation sites excluding steroid dienone is 1. The minimum Gasteiger partial charge on any atom is -0.506 e. The first kappa shape index (κ1) is 33.6. The van der Waals surface area contributed by atoms with Gasteiger partial charge in [-0.1, -0.05) is 109 Å². The molecule has 0 spiro atoms. The third-order valence-electron chi connectivity index (χ3n) is 9.31. The van der Waals surface area contributed by atoms with Crippen LogP contribution in [-0.4, -0.2) is 10.2 Å². The Bertz CT molecular complexity index is 2640. The Morgan fingerprint density at radius 1 is 0.556 bits per heavy atom. The molecule has 7 aromatic carbocycles. The van der Waals surface area contributed by atoms with E-state index in [9.17, 15) is 10.2 Å². The number of nitrogens with two attached hydrogens (primary N) is 2. The van der Waals surface area contributed by atoms with Crippen LogP contribution in [0.1, 0.15) is 22.3 Å². The Morgan fingerprint density at radius 2 is 1.09 bits per heavy atom. The summed E-state index contributed by atoms with van der Waals surface area (Å²) in [4.78, 5) is 0. The number of hydrogen-bond acceptors (Lipinski definition) is 6. The number of fused-ring (bicyclic) bond motifs is 2. The van der Waals surface area contributed by atoms with Crippen LogP contribution in [0, 0.1) is 29.1 Å². The lowest BCUT2D eigenvalue weighted by atomic mass is 9.75. The number of ether oxygens (including phenoxy) is 2. The zero-order valence-electron chi connectivity index (χ0n) is 29.1. The summed E-state index contributed by atoms with van der Waals surface area (Å²) in [7, 11) is 0. The molecular weight excluding hydrogens is 669 g/mol. The molecule has 7 aromatic rings. The topological polar surface area (TPSA) is 111 Å². The molecule has 0 fully saturated rings. The number of nitrogen functional groups attached to an aromatic ring is 2. The molecular formula is C48H34N2O4. The summed E-state index contributed by atoms with van der Waals surface area (Å²) >= 11 is 0. The highest BCUT2D eigenvalue weighted by Gasteiger charge is 2.31. The Morgan fingerprint density at radius 3 is 1.69 bits per heavy atom. The number of phenols is 2. The standard InChI is InChI=1S/C48H34N2O4/c49-40-19-17-36(29-42(40)51)53-44-21-15-34-13-7-8-14-38(34)46(44)47-39-25-28-48(26-23-32-9-3-1-4-10-32,27-24-33-11-5-2-6-12-33)31-35(39)16-22-45(47)54-37-18-20-41(50)43(52)30-37/h1-22,25,28-30,51-52H,31,49-50H2. The Kier molecular flexibility index (Phi) is 8.85. The molecule has 0 saturated carbocycles. The van der Waals surface area contributed by atoms with Gasteiger partial charge in [0.05, 0.1) is 11.4 Å². The minimum atomic E-state index is -0.805.